The Morgan fingerprint density at radius 3 is 1.81 bits per heavy atom. The summed E-state index contributed by atoms with van der Waals surface area (Å²) in [6.07, 6.45) is 1.77. The Morgan fingerprint density at radius 2 is 1.23 bits per heavy atom. The van der Waals surface area contributed by atoms with E-state index in [1.54, 1.807) is 18.2 Å². The maximum atomic E-state index is 12.7. The van der Waals surface area contributed by atoms with Crippen LogP contribution in [0.3, 0.4) is 0 Å². The lowest BCUT2D eigenvalue weighted by molar-refractivity contribution is 0.0998. The van der Waals surface area contributed by atoms with Gasteiger partial charge in [0, 0.05) is 17.5 Å². The van der Waals surface area contributed by atoms with Gasteiger partial charge in [-0.05, 0) is 24.1 Å². The molecule has 0 heterocycles. The molecule has 0 fully saturated rings. The lowest BCUT2D eigenvalue weighted by Gasteiger charge is -2.08. The molecule has 0 bridgehead atoms. The standard InChI is InChI=1S/C24H20O2/c1-18-12-14-21(15-13-18)24(26)17-22(19-8-4-2-5-9-19)16-23(25)20-10-6-3-7-11-20/h2-16H,17H2,1H3. The fraction of sp³-hybridized carbons (Fsp3) is 0.0833. The Kier molecular flexibility index (Phi) is 5.55. The number of hydrogen-bond acceptors (Lipinski definition) is 2. The second kappa shape index (κ2) is 8.21. The van der Waals surface area contributed by atoms with Gasteiger partial charge in [0.15, 0.2) is 11.6 Å². The lowest BCUT2D eigenvalue weighted by Crippen LogP contribution is -2.03. The van der Waals surface area contributed by atoms with E-state index in [1.807, 2.05) is 79.7 Å². The fourth-order valence-corrected chi connectivity index (χ4v) is 2.75. The van der Waals surface area contributed by atoms with Crippen molar-refractivity contribution in [3.63, 3.8) is 0 Å². The molecular weight excluding hydrogens is 320 g/mol. The first kappa shape index (κ1) is 17.6. The summed E-state index contributed by atoms with van der Waals surface area (Å²) in [5.74, 6) is -0.0953. The number of hydrogen-bond donors (Lipinski definition) is 0. The monoisotopic (exact) mass is 340 g/mol. The van der Waals surface area contributed by atoms with E-state index in [0.717, 1.165) is 16.7 Å². The molecular formula is C24H20O2. The van der Waals surface area contributed by atoms with Crippen molar-refractivity contribution in [1.29, 1.82) is 0 Å². The first-order valence-corrected chi connectivity index (χ1v) is 8.59. The van der Waals surface area contributed by atoms with Crippen LogP contribution in [0.2, 0.25) is 0 Å². The second-order valence-electron chi connectivity index (χ2n) is 6.23. The van der Waals surface area contributed by atoms with Crippen LogP contribution >= 0.6 is 0 Å². The molecule has 0 aliphatic carbocycles. The molecule has 128 valence electrons. The summed E-state index contributed by atoms with van der Waals surface area (Å²) in [5.41, 5.74) is 4.00. The third kappa shape index (κ3) is 4.42. The Morgan fingerprint density at radius 1 is 0.692 bits per heavy atom. The molecule has 0 unspecified atom stereocenters. The molecule has 0 atom stereocenters. The van der Waals surface area contributed by atoms with Crippen LogP contribution < -0.4 is 0 Å². The highest BCUT2D eigenvalue weighted by Crippen LogP contribution is 2.22. The van der Waals surface area contributed by atoms with Crippen molar-refractivity contribution < 1.29 is 9.59 Å². The van der Waals surface area contributed by atoms with E-state index in [9.17, 15) is 9.59 Å². The quantitative estimate of drug-likeness (QED) is 0.436. The zero-order chi connectivity index (χ0) is 18.4. The fourth-order valence-electron chi connectivity index (χ4n) is 2.75. The second-order valence-corrected chi connectivity index (χ2v) is 6.23. The number of Topliss-reactive ketones (excluding diaryl/α,β-unsaturated/α-hetero) is 1. The molecule has 0 aliphatic heterocycles. The average molecular weight is 340 g/mol. The smallest absolute Gasteiger partial charge is 0.186 e. The number of benzene rings is 3. The highest BCUT2D eigenvalue weighted by atomic mass is 16.1. The predicted octanol–water partition coefficient (Wildman–Crippen LogP) is 5.53. The first-order chi connectivity index (χ1) is 12.6. The van der Waals surface area contributed by atoms with Gasteiger partial charge < -0.3 is 0 Å². The number of carbonyl (C=O) groups excluding carboxylic acids is 2. The number of rotatable bonds is 6. The molecule has 3 rings (SSSR count). The Balaban J connectivity index is 1.91. The zero-order valence-electron chi connectivity index (χ0n) is 14.7. The molecule has 0 amide bonds. The molecule has 0 spiro atoms. The van der Waals surface area contributed by atoms with Crippen LogP contribution in [-0.2, 0) is 0 Å². The predicted molar refractivity (Wildman–Crippen MR) is 105 cm³/mol. The molecule has 2 heteroatoms. The van der Waals surface area contributed by atoms with E-state index >= 15 is 0 Å². The Bertz CT molecular complexity index is 921. The average Bonchev–Trinajstić information content (AvgIpc) is 2.69. The maximum absolute atomic E-state index is 12.7. The van der Waals surface area contributed by atoms with Gasteiger partial charge in [0.05, 0.1) is 0 Å². The molecule has 3 aromatic rings. The van der Waals surface area contributed by atoms with Gasteiger partial charge >= 0.3 is 0 Å². The third-order valence-electron chi connectivity index (χ3n) is 4.23. The number of ketones is 2. The molecule has 0 radical (unpaired) electrons. The van der Waals surface area contributed by atoms with Gasteiger partial charge in [-0.3, -0.25) is 9.59 Å². The lowest BCUT2D eigenvalue weighted by atomic mass is 9.95. The van der Waals surface area contributed by atoms with Gasteiger partial charge in [-0.25, -0.2) is 0 Å². The van der Waals surface area contributed by atoms with Gasteiger partial charge in [0.25, 0.3) is 0 Å². The summed E-state index contributed by atoms with van der Waals surface area (Å²) in [6.45, 7) is 1.99. The van der Waals surface area contributed by atoms with Crippen molar-refractivity contribution in [2.45, 2.75) is 13.3 Å². The van der Waals surface area contributed by atoms with Crippen LogP contribution in [0.5, 0.6) is 0 Å². The van der Waals surface area contributed by atoms with E-state index in [-0.39, 0.29) is 18.0 Å². The van der Waals surface area contributed by atoms with Crippen LogP contribution in [0.15, 0.2) is 91.0 Å². The zero-order valence-corrected chi connectivity index (χ0v) is 14.7. The maximum Gasteiger partial charge on any atom is 0.186 e. The minimum Gasteiger partial charge on any atom is -0.294 e. The number of allylic oxidation sites excluding steroid dienone is 2. The van der Waals surface area contributed by atoms with Crippen LogP contribution in [-0.4, -0.2) is 11.6 Å². The highest BCUT2D eigenvalue weighted by molar-refractivity contribution is 6.11. The van der Waals surface area contributed by atoms with Crippen molar-refractivity contribution in [1.82, 2.24) is 0 Å². The van der Waals surface area contributed by atoms with Crippen LogP contribution in [0, 0.1) is 6.92 Å². The van der Waals surface area contributed by atoms with E-state index in [0.29, 0.717) is 11.1 Å². The van der Waals surface area contributed by atoms with E-state index < -0.39 is 0 Å². The summed E-state index contributed by atoms with van der Waals surface area (Å²) < 4.78 is 0. The van der Waals surface area contributed by atoms with Crippen LogP contribution in [0.1, 0.15) is 38.3 Å². The summed E-state index contributed by atoms with van der Waals surface area (Å²) in [5, 5.41) is 0. The Hall–Kier alpha value is -3.26. The highest BCUT2D eigenvalue weighted by Gasteiger charge is 2.13. The summed E-state index contributed by atoms with van der Waals surface area (Å²) in [4.78, 5) is 25.3. The molecule has 0 N–H and O–H groups in total. The first-order valence-electron chi connectivity index (χ1n) is 8.59. The Labute approximate surface area is 153 Å². The number of aryl methyl sites for hydroxylation is 1. The van der Waals surface area contributed by atoms with E-state index in [2.05, 4.69) is 0 Å². The largest absolute Gasteiger partial charge is 0.294 e. The summed E-state index contributed by atoms with van der Waals surface area (Å²) >= 11 is 0. The van der Waals surface area contributed by atoms with Crippen molar-refractivity contribution in [3.05, 3.63) is 113 Å². The molecule has 0 aliphatic rings. The molecule has 0 aromatic heterocycles. The minimum atomic E-state index is -0.0961. The molecule has 26 heavy (non-hydrogen) atoms. The van der Waals surface area contributed by atoms with Crippen molar-refractivity contribution >= 4 is 17.1 Å². The van der Waals surface area contributed by atoms with Crippen molar-refractivity contribution in [3.8, 4) is 0 Å². The third-order valence-corrected chi connectivity index (χ3v) is 4.23. The van der Waals surface area contributed by atoms with Crippen LogP contribution in [0.4, 0.5) is 0 Å². The number of carbonyl (C=O) groups is 2. The molecule has 0 saturated heterocycles. The topological polar surface area (TPSA) is 34.1 Å². The van der Waals surface area contributed by atoms with Gasteiger partial charge in [-0.1, -0.05) is 90.5 Å². The molecule has 3 aromatic carbocycles. The summed E-state index contributed by atoms with van der Waals surface area (Å²) in [6, 6.07) is 26.2. The van der Waals surface area contributed by atoms with E-state index in [4.69, 9.17) is 0 Å². The van der Waals surface area contributed by atoms with Crippen LogP contribution in [0.25, 0.3) is 5.57 Å². The van der Waals surface area contributed by atoms with Gasteiger partial charge in [-0.15, -0.1) is 0 Å². The SMILES string of the molecule is Cc1ccc(C(=O)CC(=CC(=O)c2ccccc2)c2ccccc2)cc1. The van der Waals surface area contributed by atoms with Gasteiger partial charge in [-0.2, -0.15) is 0 Å². The minimum absolute atomic E-state index is 0.000893. The van der Waals surface area contributed by atoms with E-state index in [1.165, 1.54) is 0 Å². The van der Waals surface area contributed by atoms with Gasteiger partial charge in [0.2, 0.25) is 0 Å². The summed E-state index contributed by atoms with van der Waals surface area (Å²) in [7, 11) is 0. The normalized spacial score (nSPS) is 11.2. The molecule has 0 saturated carbocycles. The molecule has 2 nitrogen and oxygen atoms in total. The van der Waals surface area contributed by atoms with Crippen molar-refractivity contribution in [2.75, 3.05) is 0 Å². The van der Waals surface area contributed by atoms with Crippen molar-refractivity contribution in [2.24, 2.45) is 0 Å². The van der Waals surface area contributed by atoms with Gasteiger partial charge in [0.1, 0.15) is 0 Å².